The van der Waals surface area contributed by atoms with E-state index in [1.165, 1.54) is 9.21 Å². The van der Waals surface area contributed by atoms with Gasteiger partial charge in [0.05, 0.1) is 16.0 Å². The SMILES string of the molecule is CC(C)(C)c1ccc(S(=O)(=O)N2CCN(C(=O)Cn3cc([N+](=O)[O-])ccc3=O)CC2)cc1. The summed E-state index contributed by atoms with van der Waals surface area (Å²) >= 11 is 0. The van der Waals surface area contributed by atoms with Crippen LogP contribution in [0.25, 0.3) is 0 Å². The fourth-order valence-corrected chi connectivity index (χ4v) is 4.87. The highest BCUT2D eigenvalue weighted by Crippen LogP contribution is 2.25. The van der Waals surface area contributed by atoms with Crippen LogP contribution in [0.2, 0.25) is 0 Å². The molecule has 2 aromatic rings. The van der Waals surface area contributed by atoms with Crippen LogP contribution in [0.1, 0.15) is 26.3 Å². The summed E-state index contributed by atoms with van der Waals surface area (Å²) < 4.78 is 28.3. The van der Waals surface area contributed by atoms with E-state index in [0.29, 0.717) is 0 Å². The van der Waals surface area contributed by atoms with E-state index in [1.54, 1.807) is 12.1 Å². The molecule has 0 bridgehead atoms. The molecule has 1 aliphatic rings. The number of pyridine rings is 1. The summed E-state index contributed by atoms with van der Waals surface area (Å²) in [4.78, 5) is 36.4. The zero-order valence-corrected chi connectivity index (χ0v) is 19.0. The Morgan fingerprint density at radius 1 is 1.03 bits per heavy atom. The van der Waals surface area contributed by atoms with Gasteiger partial charge in [-0.15, -0.1) is 0 Å². The molecule has 0 unspecified atom stereocenters. The van der Waals surface area contributed by atoms with Crippen molar-refractivity contribution in [3.8, 4) is 0 Å². The zero-order valence-electron chi connectivity index (χ0n) is 18.2. The number of carbonyl (C=O) groups excluding carboxylic acids is 1. The van der Waals surface area contributed by atoms with Gasteiger partial charge in [0.1, 0.15) is 6.54 Å². The minimum atomic E-state index is -3.69. The highest BCUT2D eigenvalue weighted by atomic mass is 32.2. The maximum atomic E-state index is 13.0. The van der Waals surface area contributed by atoms with Crippen LogP contribution in [-0.4, -0.2) is 59.2 Å². The van der Waals surface area contributed by atoms with E-state index < -0.39 is 26.4 Å². The number of rotatable bonds is 5. The molecule has 2 heterocycles. The van der Waals surface area contributed by atoms with Crippen LogP contribution in [-0.2, 0) is 26.8 Å². The molecule has 172 valence electrons. The van der Waals surface area contributed by atoms with Crippen molar-refractivity contribution in [1.82, 2.24) is 13.8 Å². The van der Waals surface area contributed by atoms with Gasteiger partial charge in [-0.25, -0.2) is 8.42 Å². The van der Waals surface area contributed by atoms with Gasteiger partial charge in [0.2, 0.25) is 15.9 Å². The van der Waals surface area contributed by atoms with Gasteiger partial charge in [0, 0.05) is 38.3 Å². The van der Waals surface area contributed by atoms with Gasteiger partial charge in [-0.2, -0.15) is 4.31 Å². The summed E-state index contributed by atoms with van der Waals surface area (Å²) in [6, 6.07) is 8.94. The summed E-state index contributed by atoms with van der Waals surface area (Å²) in [5.74, 6) is -0.404. The van der Waals surface area contributed by atoms with Crippen molar-refractivity contribution >= 4 is 21.6 Å². The normalized spacial score (nSPS) is 15.5. The standard InChI is InChI=1S/C21H26N4O6S/c1-21(2,3)16-4-7-18(8-5-16)32(30,31)24-12-10-22(11-13-24)20(27)15-23-14-17(25(28)29)6-9-19(23)26/h4-9,14H,10-13,15H2,1-3H3. The molecule has 0 radical (unpaired) electrons. The van der Waals surface area contributed by atoms with Crippen molar-refractivity contribution in [1.29, 1.82) is 0 Å². The number of hydrogen-bond donors (Lipinski definition) is 0. The number of piperazine rings is 1. The van der Waals surface area contributed by atoms with E-state index in [1.807, 2.05) is 12.1 Å². The third kappa shape index (κ3) is 5.05. The van der Waals surface area contributed by atoms with Crippen LogP contribution in [0.15, 0.2) is 52.3 Å². The molecule has 1 fully saturated rings. The molecule has 32 heavy (non-hydrogen) atoms. The van der Waals surface area contributed by atoms with Crippen molar-refractivity contribution in [2.24, 2.45) is 0 Å². The summed E-state index contributed by atoms with van der Waals surface area (Å²) in [7, 11) is -3.69. The minimum absolute atomic E-state index is 0.0879. The first-order valence-corrected chi connectivity index (χ1v) is 11.6. The van der Waals surface area contributed by atoms with Crippen LogP contribution in [0, 0.1) is 10.1 Å². The van der Waals surface area contributed by atoms with E-state index in [0.717, 1.165) is 28.5 Å². The van der Waals surface area contributed by atoms with E-state index in [9.17, 15) is 28.1 Å². The van der Waals surface area contributed by atoms with E-state index >= 15 is 0 Å². The number of nitro groups is 1. The van der Waals surface area contributed by atoms with Crippen molar-refractivity contribution in [2.45, 2.75) is 37.6 Å². The second-order valence-electron chi connectivity index (χ2n) is 8.67. The Morgan fingerprint density at radius 2 is 1.62 bits per heavy atom. The van der Waals surface area contributed by atoms with Crippen molar-refractivity contribution in [2.75, 3.05) is 26.2 Å². The number of aromatic nitrogens is 1. The maximum Gasteiger partial charge on any atom is 0.285 e. The summed E-state index contributed by atoms with van der Waals surface area (Å²) in [6.45, 7) is 6.39. The van der Waals surface area contributed by atoms with Gasteiger partial charge in [-0.05, 0) is 23.1 Å². The molecular formula is C21H26N4O6S. The Bertz CT molecular complexity index is 1170. The Kier molecular flexibility index (Phi) is 6.51. The summed E-state index contributed by atoms with van der Waals surface area (Å²) in [6.07, 6.45) is 1.03. The van der Waals surface area contributed by atoms with Gasteiger partial charge in [0.15, 0.2) is 0 Å². The Morgan fingerprint density at radius 3 is 2.16 bits per heavy atom. The number of nitrogens with zero attached hydrogens (tertiary/aromatic N) is 4. The van der Waals surface area contributed by atoms with E-state index in [2.05, 4.69) is 20.8 Å². The molecule has 0 atom stereocenters. The van der Waals surface area contributed by atoms with Crippen LogP contribution < -0.4 is 5.56 Å². The molecule has 0 spiro atoms. The predicted octanol–water partition coefficient (Wildman–Crippen LogP) is 1.59. The number of carbonyl (C=O) groups is 1. The lowest BCUT2D eigenvalue weighted by Gasteiger charge is -2.34. The lowest BCUT2D eigenvalue weighted by Crippen LogP contribution is -2.51. The van der Waals surface area contributed by atoms with Gasteiger partial charge >= 0.3 is 0 Å². The van der Waals surface area contributed by atoms with Crippen LogP contribution in [0.4, 0.5) is 5.69 Å². The molecule has 0 saturated carbocycles. The smallest absolute Gasteiger partial charge is 0.285 e. The first kappa shape index (κ1) is 23.6. The number of hydrogen-bond acceptors (Lipinski definition) is 6. The average molecular weight is 463 g/mol. The lowest BCUT2D eigenvalue weighted by atomic mass is 9.87. The molecular weight excluding hydrogens is 436 g/mol. The highest BCUT2D eigenvalue weighted by molar-refractivity contribution is 7.89. The van der Waals surface area contributed by atoms with Gasteiger partial charge < -0.3 is 4.90 Å². The molecule has 1 aromatic heterocycles. The number of amides is 1. The first-order valence-electron chi connectivity index (χ1n) is 10.1. The van der Waals surface area contributed by atoms with Crippen LogP contribution in [0.3, 0.4) is 0 Å². The second kappa shape index (κ2) is 8.83. The molecule has 0 N–H and O–H groups in total. The summed E-state index contributed by atoms with van der Waals surface area (Å²) in [5, 5.41) is 10.9. The fraction of sp³-hybridized carbons (Fsp3) is 0.429. The monoisotopic (exact) mass is 462 g/mol. The Hall–Kier alpha value is -3.05. The Balaban J connectivity index is 1.65. The van der Waals surface area contributed by atoms with E-state index in [4.69, 9.17) is 0 Å². The average Bonchev–Trinajstić information content (AvgIpc) is 2.74. The molecule has 0 aliphatic carbocycles. The third-order valence-electron chi connectivity index (χ3n) is 5.43. The van der Waals surface area contributed by atoms with Gasteiger partial charge in [-0.1, -0.05) is 32.9 Å². The topological polar surface area (TPSA) is 123 Å². The quantitative estimate of drug-likeness (QED) is 0.491. The van der Waals surface area contributed by atoms with Gasteiger partial charge in [0.25, 0.3) is 11.2 Å². The summed E-state index contributed by atoms with van der Waals surface area (Å²) in [5.41, 5.74) is 0.132. The molecule has 11 heteroatoms. The molecule has 10 nitrogen and oxygen atoms in total. The minimum Gasteiger partial charge on any atom is -0.339 e. The van der Waals surface area contributed by atoms with Crippen molar-refractivity contribution in [3.05, 3.63) is 68.6 Å². The maximum absolute atomic E-state index is 13.0. The first-order chi connectivity index (χ1) is 14.9. The van der Waals surface area contributed by atoms with Gasteiger partial charge in [-0.3, -0.25) is 24.3 Å². The zero-order chi connectivity index (χ0) is 23.7. The lowest BCUT2D eigenvalue weighted by molar-refractivity contribution is -0.385. The van der Waals surface area contributed by atoms with Crippen molar-refractivity contribution in [3.63, 3.8) is 0 Å². The predicted molar refractivity (Wildman–Crippen MR) is 118 cm³/mol. The molecule has 1 aliphatic heterocycles. The molecule has 1 aromatic carbocycles. The third-order valence-corrected chi connectivity index (χ3v) is 7.35. The number of sulfonamides is 1. The fourth-order valence-electron chi connectivity index (χ4n) is 3.45. The van der Waals surface area contributed by atoms with Crippen LogP contribution in [0.5, 0.6) is 0 Å². The highest BCUT2D eigenvalue weighted by Gasteiger charge is 2.30. The number of benzene rings is 1. The molecule has 1 amide bonds. The largest absolute Gasteiger partial charge is 0.339 e. The van der Waals surface area contributed by atoms with E-state index in [-0.39, 0.29) is 48.7 Å². The van der Waals surface area contributed by atoms with Crippen molar-refractivity contribution < 1.29 is 18.1 Å². The molecule has 1 saturated heterocycles. The Labute approximate surface area is 186 Å². The molecule has 3 rings (SSSR count). The second-order valence-corrected chi connectivity index (χ2v) is 10.6. The van der Waals surface area contributed by atoms with Crippen LogP contribution >= 0.6 is 0 Å².